The highest BCUT2D eigenvalue weighted by Gasteiger charge is 2.13. The monoisotopic (exact) mass is 361 g/mol. The third-order valence-electron chi connectivity index (χ3n) is 2.52. The topological polar surface area (TPSA) is 43.1 Å². The Labute approximate surface area is 126 Å². The fourth-order valence-electron chi connectivity index (χ4n) is 1.58. The van der Waals surface area contributed by atoms with Gasteiger partial charge >= 0.3 is 0 Å². The van der Waals surface area contributed by atoms with E-state index in [-0.39, 0.29) is 10.8 Å². The van der Waals surface area contributed by atoms with Crippen LogP contribution >= 0.6 is 27.5 Å². The lowest BCUT2D eigenvalue weighted by Crippen LogP contribution is -2.01. The first kappa shape index (κ1) is 14.5. The standard InChI is InChI=1S/C13H10BrClFNOS/c14-10-6-9(17)4-5-12(10)19(18)7-8-2-1-3-11(15)13(8)16/h1-6H,7,17H2. The molecule has 0 spiro atoms. The summed E-state index contributed by atoms with van der Waals surface area (Å²) in [6.45, 7) is 0. The predicted octanol–water partition coefficient (Wildman–Crippen LogP) is 4.13. The summed E-state index contributed by atoms with van der Waals surface area (Å²) in [5.74, 6) is -0.460. The molecular formula is C13H10BrClFNOS. The number of nitrogen functional groups attached to an aromatic ring is 1. The van der Waals surface area contributed by atoms with Crippen LogP contribution in [0.2, 0.25) is 5.02 Å². The quantitative estimate of drug-likeness (QED) is 0.834. The SMILES string of the molecule is Nc1ccc(S(=O)Cc2cccc(Cl)c2F)c(Br)c1. The third-order valence-corrected chi connectivity index (χ3v) is 5.15. The molecule has 0 aromatic heterocycles. The van der Waals surface area contributed by atoms with Crippen LogP contribution in [-0.4, -0.2) is 4.21 Å². The van der Waals surface area contributed by atoms with Crippen molar-refractivity contribution in [1.82, 2.24) is 0 Å². The Morgan fingerprint density at radius 2 is 2.05 bits per heavy atom. The van der Waals surface area contributed by atoms with Crippen LogP contribution in [-0.2, 0) is 16.6 Å². The molecule has 100 valence electrons. The molecule has 2 nitrogen and oxygen atoms in total. The molecule has 0 aliphatic rings. The molecule has 0 saturated carbocycles. The number of benzene rings is 2. The maximum absolute atomic E-state index is 13.7. The summed E-state index contributed by atoms with van der Waals surface area (Å²) in [6, 6.07) is 9.66. The van der Waals surface area contributed by atoms with Crippen molar-refractivity contribution in [3.8, 4) is 0 Å². The van der Waals surface area contributed by atoms with Crippen molar-refractivity contribution < 1.29 is 8.60 Å². The minimum Gasteiger partial charge on any atom is -0.399 e. The Morgan fingerprint density at radius 3 is 2.74 bits per heavy atom. The van der Waals surface area contributed by atoms with Crippen molar-refractivity contribution in [3.63, 3.8) is 0 Å². The summed E-state index contributed by atoms with van der Waals surface area (Å²) in [5.41, 5.74) is 6.52. The number of rotatable bonds is 3. The van der Waals surface area contributed by atoms with Gasteiger partial charge in [-0.2, -0.15) is 0 Å². The zero-order valence-electron chi connectivity index (χ0n) is 9.70. The summed E-state index contributed by atoms with van der Waals surface area (Å²) < 4.78 is 26.6. The molecule has 0 bridgehead atoms. The molecule has 6 heteroatoms. The first-order chi connectivity index (χ1) is 8.99. The lowest BCUT2D eigenvalue weighted by atomic mass is 10.2. The van der Waals surface area contributed by atoms with E-state index in [2.05, 4.69) is 15.9 Å². The molecule has 2 rings (SSSR count). The van der Waals surface area contributed by atoms with Gasteiger partial charge in [-0.05, 0) is 40.2 Å². The number of halogens is 3. The molecule has 0 heterocycles. The van der Waals surface area contributed by atoms with Crippen molar-refractivity contribution in [2.45, 2.75) is 10.6 Å². The molecule has 0 fully saturated rings. The number of nitrogens with two attached hydrogens (primary N) is 1. The zero-order chi connectivity index (χ0) is 14.0. The van der Waals surface area contributed by atoms with Gasteiger partial charge in [0.2, 0.25) is 0 Å². The van der Waals surface area contributed by atoms with Gasteiger partial charge in [0.1, 0.15) is 5.82 Å². The van der Waals surface area contributed by atoms with Crippen LogP contribution in [0.15, 0.2) is 45.8 Å². The first-order valence-corrected chi connectivity index (χ1v) is 7.84. The Bertz CT molecular complexity index is 651. The van der Waals surface area contributed by atoms with Gasteiger partial charge in [0, 0.05) is 15.7 Å². The van der Waals surface area contributed by atoms with Crippen molar-refractivity contribution in [2.75, 3.05) is 5.73 Å². The Kier molecular flexibility index (Phi) is 4.60. The first-order valence-electron chi connectivity index (χ1n) is 5.35. The van der Waals surface area contributed by atoms with Gasteiger partial charge in [-0.15, -0.1) is 0 Å². The molecule has 0 radical (unpaired) electrons. The van der Waals surface area contributed by atoms with E-state index in [1.807, 2.05) is 0 Å². The summed E-state index contributed by atoms with van der Waals surface area (Å²) in [6.07, 6.45) is 0. The van der Waals surface area contributed by atoms with Gasteiger partial charge in [0.05, 0.1) is 26.5 Å². The molecular weight excluding hydrogens is 353 g/mol. The van der Waals surface area contributed by atoms with Gasteiger partial charge in [-0.3, -0.25) is 4.21 Å². The van der Waals surface area contributed by atoms with E-state index < -0.39 is 16.6 Å². The van der Waals surface area contributed by atoms with Gasteiger partial charge < -0.3 is 5.73 Å². The Balaban J connectivity index is 2.28. The van der Waals surface area contributed by atoms with Gasteiger partial charge in [0.25, 0.3) is 0 Å². The second-order valence-electron chi connectivity index (χ2n) is 3.89. The fourth-order valence-corrected chi connectivity index (χ4v) is 3.87. The summed E-state index contributed by atoms with van der Waals surface area (Å²) in [4.78, 5) is 0.577. The smallest absolute Gasteiger partial charge is 0.145 e. The van der Waals surface area contributed by atoms with Crippen LogP contribution in [0, 0.1) is 5.82 Å². The molecule has 0 saturated heterocycles. The molecule has 0 amide bonds. The summed E-state index contributed by atoms with van der Waals surface area (Å²) >= 11 is 9.00. The van der Waals surface area contributed by atoms with Gasteiger partial charge in [-0.1, -0.05) is 23.7 Å². The van der Waals surface area contributed by atoms with E-state index in [1.165, 1.54) is 6.07 Å². The minimum absolute atomic E-state index is 0.0332. The zero-order valence-corrected chi connectivity index (χ0v) is 12.9. The third kappa shape index (κ3) is 3.35. The number of anilines is 1. The molecule has 2 N–H and O–H groups in total. The highest BCUT2D eigenvalue weighted by molar-refractivity contribution is 9.10. The van der Waals surface area contributed by atoms with E-state index >= 15 is 0 Å². The molecule has 2 aromatic rings. The normalized spacial score (nSPS) is 12.4. The second kappa shape index (κ2) is 6.03. The second-order valence-corrected chi connectivity index (χ2v) is 6.57. The van der Waals surface area contributed by atoms with Crippen LogP contribution in [0.1, 0.15) is 5.56 Å². The van der Waals surface area contributed by atoms with E-state index in [9.17, 15) is 8.60 Å². The van der Waals surface area contributed by atoms with Crippen LogP contribution in [0.25, 0.3) is 0 Å². The van der Waals surface area contributed by atoms with Crippen LogP contribution < -0.4 is 5.73 Å². The maximum atomic E-state index is 13.7. The van der Waals surface area contributed by atoms with E-state index in [4.69, 9.17) is 17.3 Å². The van der Waals surface area contributed by atoms with Crippen LogP contribution in [0.3, 0.4) is 0 Å². The van der Waals surface area contributed by atoms with Crippen molar-refractivity contribution in [2.24, 2.45) is 0 Å². The molecule has 19 heavy (non-hydrogen) atoms. The van der Waals surface area contributed by atoms with Gasteiger partial charge in [-0.25, -0.2) is 4.39 Å². The summed E-state index contributed by atoms with van der Waals surface area (Å²) in [5, 5.41) is 0.0332. The Hall–Kier alpha value is -0.910. The van der Waals surface area contributed by atoms with Crippen LogP contribution in [0.5, 0.6) is 0 Å². The predicted molar refractivity (Wildman–Crippen MR) is 80.1 cm³/mol. The van der Waals surface area contributed by atoms with E-state index in [0.717, 1.165) is 0 Å². The highest BCUT2D eigenvalue weighted by atomic mass is 79.9. The van der Waals surface area contributed by atoms with Gasteiger partial charge in [0.15, 0.2) is 0 Å². The average Bonchev–Trinajstić information content (AvgIpc) is 2.34. The Morgan fingerprint density at radius 1 is 1.32 bits per heavy atom. The van der Waals surface area contributed by atoms with Crippen LogP contribution in [0.4, 0.5) is 10.1 Å². The fraction of sp³-hybridized carbons (Fsp3) is 0.0769. The minimum atomic E-state index is -1.37. The van der Waals surface area contributed by atoms with Crippen molar-refractivity contribution in [3.05, 3.63) is 57.3 Å². The maximum Gasteiger partial charge on any atom is 0.145 e. The van der Waals surface area contributed by atoms with E-state index in [1.54, 1.807) is 30.3 Å². The number of hydrogen-bond donors (Lipinski definition) is 1. The highest BCUT2D eigenvalue weighted by Crippen LogP contribution is 2.26. The number of hydrogen-bond acceptors (Lipinski definition) is 2. The molecule has 0 aliphatic heterocycles. The molecule has 1 unspecified atom stereocenters. The lowest BCUT2D eigenvalue weighted by molar-refractivity contribution is 0.615. The molecule has 2 aromatic carbocycles. The van der Waals surface area contributed by atoms with Crippen molar-refractivity contribution >= 4 is 44.0 Å². The largest absolute Gasteiger partial charge is 0.399 e. The average molecular weight is 363 g/mol. The lowest BCUT2D eigenvalue weighted by Gasteiger charge is -2.07. The molecule has 1 atom stereocenters. The summed E-state index contributed by atoms with van der Waals surface area (Å²) in [7, 11) is -1.37. The molecule has 0 aliphatic carbocycles. The van der Waals surface area contributed by atoms with Crippen molar-refractivity contribution in [1.29, 1.82) is 0 Å². The van der Waals surface area contributed by atoms with E-state index in [0.29, 0.717) is 20.6 Å².